The minimum Gasteiger partial charge on any atom is -0.501 e. The lowest BCUT2D eigenvalue weighted by atomic mass is 10.3. The first-order chi connectivity index (χ1) is 12.7. The maximum absolute atomic E-state index is 12.5. The summed E-state index contributed by atoms with van der Waals surface area (Å²) in [7, 11) is -3.32. The molecule has 1 aliphatic heterocycles. The summed E-state index contributed by atoms with van der Waals surface area (Å²) in [6, 6.07) is 6.60. The Morgan fingerprint density at radius 2 is 1.85 bits per heavy atom. The van der Waals surface area contributed by atoms with Gasteiger partial charge in [-0.1, -0.05) is 17.7 Å². The molecule has 0 aliphatic carbocycles. The Morgan fingerprint density at radius 3 is 2.44 bits per heavy atom. The predicted octanol–water partition coefficient (Wildman–Crippen LogP) is 1.45. The first-order valence-electron chi connectivity index (χ1n) is 8.53. The molecule has 0 bridgehead atoms. The van der Waals surface area contributed by atoms with Crippen molar-refractivity contribution in [1.29, 1.82) is 0 Å². The number of hydrogen-bond acceptors (Lipinski definition) is 6. The average Bonchev–Trinajstić information content (AvgIpc) is 2.64. The zero-order chi connectivity index (χ0) is 19.8. The van der Waals surface area contributed by atoms with E-state index in [0.29, 0.717) is 29.5 Å². The number of sulfonamides is 1. The van der Waals surface area contributed by atoms with Gasteiger partial charge in [-0.05, 0) is 32.0 Å². The highest BCUT2D eigenvalue weighted by molar-refractivity contribution is 7.89. The molecule has 0 atom stereocenters. The smallest absolute Gasteiger partial charge is 0.315 e. The largest absolute Gasteiger partial charge is 0.501 e. The van der Waals surface area contributed by atoms with Crippen LogP contribution in [0.4, 0.5) is 5.69 Å². The summed E-state index contributed by atoms with van der Waals surface area (Å²) >= 11 is 5.94. The van der Waals surface area contributed by atoms with E-state index in [1.807, 2.05) is 0 Å². The minimum atomic E-state index is -3.32. The highest BCUT2D eigenvalue weighted by Gasteiger charge is 2.30. The molecule has 0 saturated carbocycles. The number of halogens is 1. The van der Waals surface area contributed by atoms with Crippen molar-refractivity contribution in [2.24, 2.45) is 0 Å². The van der Waals surface area contributed by atoms with E-state index in [4.69, 9.17) is 11.6 Å². The lowest BCUT2D eigenvalue weighted by molar-refractivity contribution is 0.377. The molecule has 1 saturated heterocycles. The van der Waals surface area contributed by atoms with Crippen LogP contribution in [0.3, 0.4) is 0 Å². The number of benzene rings is 1. The summed E-state index contributed by atoms with van der Waals surface area (Å²) in [5, 5.41) is 14.5. The summed E-state index contributed by atoms with van der Waals surface area (Å²) in [6.45, 7) is 4.60. The van der Waals surface area contributed by atoms with Crippen molar-refractivity contribution in [3.05, 3.63) is 45.8 Å². The Hall–Kier alpha value is -2.10. The number of rotatable bonds is 4. The number of hydrogen-bond donors (Lipinski definition) is 1. The fourth-order valence-corrected chi connectivity index (χ4v) is 4.39. The number of aromatic hydroxyl groups is 1. The van der Waals surface area contributed by atoms with Crippen molar-refractivity contribution in [1.82, 2.24) is 14.1 Å². The van der Waals surface area contributed by atoms with Gasteiger partial charge in [0.05, 0.1) is 17.1 Å². The summed E-state index contributed by atoms with van der Waals surface area (Å²) < 4.78 is 27.0. The third kappa shape index (κ3) is 3.80. The number of nitrogens with zero attached hydrogens (tertiary/aromatic N) is 4. The molecule has 146 valence electrons. The molecule has 0 spiro atoms. The van der Waals surface area contributed by atoms with Crippen molar-refractivity contribution >= 4 is 27.3 Å². The molecule has 10 heteroatoms. The first-order valence-corrected chi connectivity index (χ1v) is 10.4. The standard InChI is InChI=1S/C17H21ClN4O4S/c1-12(2)27(25,26)21-8-6-20(7-9-21)15-11-19-22(17(24)16(15)23)14-5-3-4-13(18)10-14/h3-5,10-12,23H,6-9H2,1-2H3. The quantitative estimate of drug-likeness (QED) is 0.816. The minimum absolute atomic E-state index is 0.289. The van der Waals surface area contributed by atoms with Gasteiger partial charge in [-0.2, -0.15) is 14.1 Å². The van der Waals surface area contributed by atoms with E-state index in [1.165, 1.54) is 10.5 Å². The molecule has 1 aromatic carbocycles. The lowest BCUT2D eigenvalue weighted by Crippen LogP contribution is -2.50. The van der Waals surface area contributed by atoms with Crippen LogP contribution >= 0.6 is 11.6 Å². The maximum Gasteiger partial charge on any atom is 0.315 e. The second-order valence-electron chi connectivity index (χ2n) is 6.56. The molecule has 2 aromatic rings. The Labute approximate surface area is 162 Å². The summed E-state index contributed by atoms with van der Waals surface area (Å²) in [5.41, 5.74) is 0.0778. The van der Waals surface area contributed by atoms with Gasteiger partial charge in [0.25, 0.3) is 0 Å². The van der Waals surface area contributed by atoms with Gasteiger partial charge in [-0.15, -0.1) is 0 Å². The predicted molar refractivity (Wildman–Crippen MR) is 104 cm³/mol. The van der Waals surface area contributed by atoms with Crippen LogP contribution in [-0.4, -0.2) is 59.0 Å². The van der Waals surface area contributed by atoms with Gasteiger partial charge in [-0.3, -0.25) is 4.79 Å². The number of aromatic nitrogens is 2. The van der Waals surface area contributed by atoms with E-state index in [2.05, 4.69) is 5.10 Å². The van der Waals surface area contributed by atoms with Crippen molar-refractivity contribution in [2.75, 3.05) is 31.1 Å². The van der Waals surface area contributed by atoms with Gasteiger partial charge >= 0.3 is 5.56 Å². The molecular weight excluding hydrogens is 392 g/mol. The van der Waals surface area contributed by atoms with Crippen LogP contribution in [0.2, 0.25) is 5.02 Å². The Balaban J connectivity index is 1.84. The van der Waals surface area contributed by atoms with Crippen LogP contribution in [0, 0.1) is 0 Å². The van der Waals surface area contributed by atoms with Crippen LogP contribution in [0.5, 0.6) is 5.75 Å². The molecule has 2 heterocycles. The van der Waals surface area contributed by atoms with E-state index in [9.17, 15) is 18.3 Å². The monoisotopic (exact) mass is 412 g/mol. The van der Waals surface area contributed by atoms with E-state index in [-0.39, 0.29) is 13.1 Å². The molecular formula is C17H21ClN4O4S. The van der Waals surface area contributed by atoms with Crippen LogP contribution in [0.15, 0.2) is 35.3 Å². The molecule has 27 heavy (non-hydrogen) atoms. The maximum atomic E-state index is 12.5. The number of piperazine rings is 1. The molecule has 1 fully saturated rings. The van der Waals surface area contributed by atoms with Gasteiger partial charge in [0.1, 0.15) is 5.69 Å². The van der Waals surface area contributed by atoms with Crippen molar-refractivity contribution in [2.45, 2.75) is 19.1 Å². The Kier molecular flexibility index (Phi) is 5.45. The van der Waals surface area contributed by atoms with Crippen LogP contribution in [0.25, 0.3) is 5.69 Å². The average molecular weight is 413 g/mol. The van der Waals surface area contributed by atoms with Crippen LogP contribution in [0.1, 0.15) is 13.8 Å². The number of anilines is 1. The fraction of sp³-hybridized carbons (Fsp3) is 0.412. The van der Waals surface area contributed by atoms with Crippen LogP contribution in [-0.2, 0) is 10.0 Å². The molecule has 8 nitrogen and oxygen atoms in total. The van der Waals surface area contributed by atoms with Gasteiger partial charge in [0, 0.05) is 31.2 Å². The Morgan fingerprint density at radius 1 is 1.19 bits per heavy atom. The molecule has 1 N–H and O–H groups in total. The molecule has 1 aliphatic rings. The van der Waals surface area contributed by atoms with Crippen molar-refractivity contribution < 1.29 is 13.5 Å². The van der Waals surface area contributed by atoms with Gasteiger partial charge in [0.15, 0.2) is 0 Å². The van der Waals surface area contributed by atoms with E-state index >= 15 is 0 Å². The normalized spacial score (nSPS) is 16.1. The van der Waals surface area contributed by atoms with Gasteiger partial charge < -0.3 is 10.0 Å². The zero-order valence-corrected chi connectivity index (χ0v) is 16.6. The fourth-order valence-electron chi connectivity index (χ4n) is 2.94. The summed E-state index contributed by atoms with van der Waals surface area (Å²) in [6.07, 6.45) is 1.41. The SMILES string of the molecule is CC(C)S(=O)(=O)N1CCN(c2cnn(-c3cccc(Cl)c3)c(=O)c2O)CC1. The second-order valence-corrected chi connectivity index (χ2v) is 9.48. The summed E-state index contributed by atoms with van der Waals surface area (Å²) in [5.74, 6) is -0.426. The second kappa shape index (κ2) is 7.49. The highest BCUT2D eigenvalue weighted by atomic mass is 35.5. The molecule has 0 unspecified atom stereocenters. The molecule has 3 rings (SSSR count). The topological polar surface area (TPSA) is 95.7 Å². The highest BCUT2D eigenvalue weighted by Crippen LogP contribution is 2.25. The lowest BCUT2D eigenvalue weighted by Gasteiger charge is -2.36. The molecule has 1 aromatic heterocycles. The van der Waals surface area contributed by atoms with E-state index in [1.54, 1.807) is 43.0 Å². The third-order valence-electron chi connectivity index (χ3n) is 4.52. The third-order valence-corrected chi connectivity index (χ3v) is 7.03. The summed E-state index contributed by atoms with van der Waals surface area (Å²) in [4.78, 5) is 14.3. The molecule has 0 amide bonds. The zero-order valence-electron chi connectivity index (χ0n) is 15.0. The van der Waals surface area contributed by atoms with Gasteiger partial charge in [-0.25, -0.2) is 8.42 Å². The van der Waals surface area contributed by atoms with Crippen molar-refractivity contribution in [3.63, 3.8) is 0 Å². The Bertz CT molecular complexity index is 998. The molecule has 0 radical (unpaired) electrons. The first kappa shape index (κ1) is 19.7. The van der Waals surface area contributed by atoms with E-state index < -0.39 is 26.6 Å². The van der Waals surface area contributed by atoms with Crippen molar-refractivity contribution in [3.8, 4) is 11.4 Å². The van der Waals surface area contributed by atoms with Gasteiger partial charge in [0.2, 0.25) is 15.8 Å². The van der Waals surface area contributed by atoms with E-state index in [0.717, 1.165) is 4.68 Å². The van der Waals surface area contributed by atoms with Crippen LogP contribution < -0.4 is 10.5 Å².